The van der Waals surface area contributed by atoms with Gasteiger partial charge in [0.1, 0.15) is 0 Å². The van der Waals surface area contributed by atoms with Crippen molar-refractivity contribution in [2.45, 2.75) is 13.3 Å². The van der Waals surface area contributed by atoms with E-state index in [1.165, 1.54) is 22.3 Å². The van der Waals surface area contributed by atoms with Crippen LogP contribution in [0.25, 0.3) is 5.57 Å². The molecule has 0 saturated heterocycles. The molecule has 0 heteroatoms. The summed E-state index contributed by atoms with van der Waals surface area (Å²) in [6.07, 6.45) is 7.04. The Kier molecular flexibility index (Phi) is 2.36. The molecule has 0 N–H and O–H groups in total. The van der Waals surface area contributed by atoms with Gasteiger partial charge in [0.25, 0.3) is 0 Å². The smallest absolute Gasteiger partial charge is 0.00169 e. The molecule has 0 saturated carbocycles. The molecule has 2 rings (SSSR count). The molecule has 0 spiro atoms. The highest BCUT2D eigenvalue weighted by atomic mass is 14.2. The van der Waals surface area contributed by atoms with Crippen molar-refractivity contribution in [3.8, 4) is 0 Å². The zero-order chi connectivity index (χ0) is 9.97. The third-order valence-electron chi connectivity index (χ3n) is 2.72. The molecule has 1 aliphatic carbocycles. The monoisotopic (exact) mass is 182 g/mol. The minimum atomic E-state index is 1.06. The Morgan fingerprint density at radius 1 is 1.29 bits per heavy atom. The van der Waals surface area contributed by atoms with Crippen molar-refractivity contribution in [1.82, 2.24) is 0 Å². The topological polar surface area (TPSA) is 0 Å². The molecular weight excluding hydrogens is 168 g/mol. The Labute approximate surface area is 85.3 Å². The summed E-state index contributed by atoms with van der Waals surface area (Å²) in [6.45, 7) is 5.88. The molecule has 0 heterocycles. The molecule has 0 amide bonds. The molecule has 0 aliphatic heterocycles. The van der Waals surface area contributed by atoms with Crippen molar-refractivity contribution in [3.63, 3.8) is 0 Å². The highest BCUT2D eigenvalue weighted by Crippen LogP contribution is 2.32. The summed E-state index contributed by atoms with van der Waals surface area (Å²) in [5.41, 5.74) is 5.65. The zero-order valence-corrected chi connectivity index (χ0v) is 8.46. The maximum absolute atomic E-state index is 3.69. The van der Waals surface area contributed by atoms with Gasteiger partial charge in [0, 0.05) is 0 Å². The van der Waals surface area contributed by atoms with Crippen LogP contribution in [0, 0.1) is 0 Å². The van der Waals surface area contributed by atoms with Gasteiger partial charge in [-0.1, -0.05) is 49.1 Å². The molecule has 14 heavy (non-hydrogen) atoms. The molecule has 0 nitrogen and oxygen atoms in total. The fourth-order valence-electron chi connectivity index (χ4n) is 1.92. The average molecular weight is 182 g/mol. The molecule has 0 aromatic heterocycles. The second-order valence-corrected chi connectivity index (χ2v) is 3.58. The van der Waals surface area contributed by atoms with Crippen LogP contribution in [0.5, 0.6) is 0 Å². The maximum Gasteiger partial charge on any atom is -0.00169 e. The summed E-state index contributed by atoms with van der Waals surface area (Å²) in [4.78, 5) is 0. The molecule has 0 bridgehead atoms. The molecule has 1 aromatic carbocycles. The third kappa shape index (κ3) is 1.44. The summed E-state index contributed by atoms with van der Waals surface area (Å²) in [7, 11) is 0. The lowest BCUT2D eigenvalue weighted by atomic mass is 10.1. The number of allylic oxidation sites excluding steroid dienone is 5. The summed E-state index contributed by atoms with van der Waals surface area (Å²) in [6, 6.07) is 8.60. The van der Waals surface area contributed by atoms with Crippen molar-refractivity contribution in [3.05, 3.63) is 65.8 Å². The number of rotatable bonds is 2. The molecule has 70 valence electrons. The Morgan fingerprint density at radius 3 is 2.79 bits per heavy atom. The van der Waals surface area contributed by atoms with Gasteiger partial charge in [-0.15, -0.1) is 0 Å². The van der Waals surface area contributed by atoms with E-state index < -0.39 is 0 Å². The van der Waals surface area contributed by atoms with E-state index in [-0.39, 0.29) is 0 Å². The van der Waals surface area contributed by atoms with Gasteiger partial charge in [0.15, 0.2) is 0 Å². The average Bonchev–Trinajstić information content (AvgIpc) is 2.54. The van der Waals surface area contributed by atoms with E-state index in [1.54, 1.807) is 0 Å². The van der Waals surface area contributed by atoms with Crippen LogP contribution < -0.4 is 0 Å². The van der Waals surface area contributed by atoms with Gasteiger partial charge in [0.2, 0.25) is 0 Å². The van der Waals surface area contributed by atoms with Gasteiger partial charge < -0.3 is 0 Å². The van der Waals surface area contributed by atoms with Crippen LogP contribution >= 0.6 is 0 Å². The lowest BCUT2D eigenvalue weighted by molar-refractivity contribution is 1.25. The van der Waals surface area contributed by atoms with Crippen LogP contribution in [0.4, 0.5) is 0 Å². The maximum atomic E-state index is 3.69. The minimum Gasteiger partial charge on any atom is -0.0991 e. The Balaban J connectivity index is 2.39. The van der Waals surface area contributed by atoms with E-state index in [2.05, 4.69) is 43.8 Å². The first-order valence-electron chi connectivity index (χ1n) is 4.90. The van der Waals surface area contributed by atoms with Gasteiger partial charge in [-0.3, -0.25) is 0 Å². The van der Waals surface area contributed by atoms with Crippen molar-refractivity contribution in [1.29, 1.82) is 0 Å². The van der Waals surface area contributed by atoms with Gasteiger partial charge in [-0.05, 0) is 35.6 Å². The predicted molar refractivity (Wildman–Crippen MR) is 62.1 cm³/mol. The number of hydrogen-bond acceptors (Lipinski definition) is 0. The van der Waals surface area contributed by atoms with Crippen molar-refractivity contribution in [2.24, 2.45) is 0 Å². The van der Waals surface area contributed by atoms with Gasteiger partial charge in [-0.25, -0.2) is 0 Å². The number of benzene rings is 1. The Bertz CT molecular complexity index is 419. The normalized spacial score (nSPS) is 14.9. The summed E-state index contributed by atoms with van der Waals surface area (Å²) < 4.78 is 0. The van der Waals surface area contributed by atoms with Gasteiger partial charge in [0.05, 0.1) is 0 Å². The highest BCUT2D eigenvalue weighted by molar-refractivity contribution is 5.77. The summed E-state index contributed by atoms with van der Waals surface area (Å²) in [5.74, 6) is 0. The standard InChI is InChI=1S/C14H14/c1-3-4-7-12-10-13-8-5-6-9-14(13)11(12)2/h3-9H,1,10H2,2H3/b7-4-. The summed E-state index contributed by atoms with van der Waals surface area (Å²) >= 11 is 0. The van der Waals surface area contributed by atoms with Gasteiger partial charge in [-0.2, -0.15) is 0 Å². The fourth-order valence-corrected chi connectivity index (χ4v) is 1.92. The first-order chi connectivity index (χ1) is 6.83. The van der Waals surface area contributed by atoms with E-state index in [4.69, 9.17) is 0 Å². The fraction of sp³-hybridized carbons (Fsp3) is 0.143. The van der Waals surface area contributed by atoms with E-state index in [9.17, 15) is 0 Å². The Hall–Kier alpha value is -1.56. The van der Waals surface area contributed by atoms with Crippen LogP contribution in [-0.4, -0.2) is 0 Å². The van der Waals surface area contributed by atoms with Crippen LogP contribution in [0.1, 0.15) is 18.1 Å². The van der Waals surface area contributed by atoms with Crippen molar-refractivity contribution in [2.75, 3.05) is 0 Å². The molecule has 0 atom stereocenters. The molecule has 0 radical (unpaired) electrons. The zero-order valence-electron chi connectivity index (χ0n) is 8.46. The molecule has 0 unspecified atom stereocenters. The van der Waals surface area contributed by atoms with E-state index in [1.807, 2.05) is 12.2 Å². The second-order valence-electron chi connectivity index (χ2n) is 3.58. The van der Waals surface area contributed by atoms with E-state index >= 15 is 0 Å². The number of hydrogen-bond donors (Lipinski definition) is 0. The van der Waals surface area contributed by atoms with Crippen LogP contribution in [-0.2, 0) is 6.42 Å². The number of fused-ring (bicyclic) bond motifs is 1. The predicted octanol–water partition coefficient (Wildman–Crippen LogP) is 3.76. The van der Waals surface area contributed by atoms with Crippen LogP contribution in [0.2, 0.25) is 0 Å². The summed E-state index contributed by atoms with van der Waals surface area (Å²) in [5, 5.41) is 0. The van der Waals surface area contributed by atoms with Crippen LogP contribution in [0.15, 0.2) is 54.6 Å². The minimum absolute atomic E-state index is 1.06. The molecule has 1 aliphatic rings. The van der Waals surface area contributed by atoms with Crippen LogP contribution in [0.3, 0.4) is 0 Å². The highest BCUT2D eigenvalue weighted by Gasteiger charge is 2.14. The SMILES string of the molecule is C=C/C=C\C1=C(C)c2ccccc2C1. The molecule has 1 aromatic rings. The Morgan fingerprint density at radius 2 is 2.07 bits per heavy atom. The lowest BCUT2D eigenvalue weighted by Gasteiger charge is -1.97. The largest absolute Gasteiger partial charge is 0.0991 e. The first kappa shape index (κ1) is 9.01. The lowest BCUT2D eigenvalue weighted by Crippen LogP contribution is -1.80. The van der Waals surface area contributed by atoms with E-state index in [0.29, 0.717) is 0 Å². The molecule has 0 fully saturated rings. The van der Waals surface area contributed by atoms with Gasteiger partial charge >= 0.3 is 0 Å². The second kappa shape index (κ2) is 3.67. The first-order valence-corrected chi connectivity index (χ1v) is 4.90. The quantitative estimate of drug-likeness (QED) is 0.611. The van der Waals surface area contributed by atoms with Crippen molar-refractivity contribution >= 4 is 5.57 Å². The molecular formula is C14H14. The van der Waals surface area contributed by atoms with Crippen molar-refractivity contribution < 1.29 is 0 Å². The third-order valence-corrected chi connectivity index (χ3v) is 2.72. The van der Waals surface area contributed by atoms with E-state index in [0.717, 1.165) is 6.42 Å².